The fourth-order valence-electron chi connectivity index (χ4n) is 2.20. The molecule has 0 amide bonds. The van der Waals surface area contributed by atoms with E-state index in [9.17, 15) is 0 Å². The Kier molecular flexibility index (Phi) is 5.59. The first kappa shape index (κ1) is 15.8. The van der Waals surface area contributed by atoms with Gasteiger partial charge in [-0.1, -0.05) is 30.0 Å². The lowest BCUT2D eigenvalue weighted by Gasteiger charge is -2.18. The minimum absolute atomic E-state index is 0.190. The zero-order chi connectivity index (χ0) is 15.2. The number of para-hydroxylation sites is 1. The fourth-order valence-corrected chi connectivity index (χ4v) is 3.28. The van der Waals surface area contributed by atoms with E-state index in [1.165, 1.54) is 0 Å². The van der Waals surface area contributed by atoms with Crippen LogP contribution in [0.25, 0.3) is 0 Å². The monoisotopic (exact) mass is 303 g/mol. The van der Waals surface area contributed by atoms with Gasteiger partial charge >= 0.3 is 0 Å². The lowest BCUT2D eigenvalue weighted by Crippen LogP contribution is -2.19. The molecule has 1 heterocycles. The smallest absolute Gasteiger partial charge is 0.188 e. The third-order valence-corrected chi connectivity index (χ3v) is 4.14. The number of ether oxygens (including phenoxy) is 1. The Morgan fingerprint density at radius 2 is 1.86 bits per heavy atom. The molecule has 2 rings (SSSR count). The van der Waals surface area contributed by atoms with E-state index in [0.29, 0.717) is 0 Å². The number of nitrogens with zero attached hydrogens (tertiary/aromatic N) is 2. The molecule has 2 aromatic rings. The van der Waals surface area contributed by atoms with E-state index >= 15 is 0 Å². The van der Waals surface area contributed by atoms with E-state index < -0.39 is 0 Å². The number of methoxy groups -OCH3 is 1. The van der Waals surface area contributed by atoms with Crippen molar-refractivity contribution in [1.82, 2.24) is 15.3 Å². The SMILES string of the molecule is CNC(CSc1nc(C)cc(C)n1)c1ccccc1OC. The van der Waals surface area contributed by atoms with Gasteiger partial charge in [0, 0.05) is 28.7 Å². The van der Waals surface area contributed by atoms with Gasteiger partial charge in [0.25, 0.3) is 0 Å². The van der Waals surface area contributed by atoms with Crippen LogP contribution in [-0.4, -0.2) is 29.9 Å². The Bertz CT molecular complexity index is 584. The predicted octanol–water partition coefficient (Wildman–Crippen LogP) is 3.15. The van der Waals surface area contributed by atoms with Gasteiger partial charge in [-0.05, 0) is 33.0 Å². The number of benzene rings is 1. The van der Waals surface area contributed by atoms with Gasteiger partial charge in [-0.15, -0.1) is 0 Å². The summed E-state index contributed by atoms with van der Waals surface area (Å²) in [6.07, 6.45) is 0. The van der Waals surface area contributed by atoms with Crippen LogP contribution in [0.15, 0.2) is 35.5 Å². The predicted molar refractivity (Wildman–Crippen MR) is 87.0 cm³/mol. The summed E-state index contributed by atoms with van der Waals surface area (Å²) in [5.41, 5.74) is 3.16. The summed E-state index contributed by atoms with van der Waals surface area (Å²) in [5, 5.41) is 4.16. The van der Waals surface area contributed by atoms with E-state index in [2.05, 4.69) is 21.4 Å². The van der Waals surface area contributed by atoms with E-state index in [1.54, 1.807) is 18.9 Å². The third kappa shape index (κ3) is 4.19. The molecule has 0 aliphatic carbocycles. The molecule has 0 aliphatic heterocycles. The molecule has 0 aliphatic rings. The zero-order valence-electron chi connectivity index (χ0n) is 12.9. The molecule has 1 aromatic heterocycles. The van der Waals surface area contributed by atoms with Crippen LogP contribution in [0.4, 0.5) is 0 Å². The second kappa shape index (κ2) is 7.43. The highest BCUT2D eigenvalue weighted by atomic mass is 32.2. The molecule has 1 aromatic carbocycles. The molecule has 0 saturated carbocycles. The first-order valence-corrected chi connectivity index (χ1v) is 7.88. The fraction of sp³-hybridized carbons (Fsp3) is 0.375. The highest BCUT2D eigenvalue weighted by Gasteiger charge is 2.15. The summed E-state index contributed by atoms with van der Waals surface area (Å²) in [4.78, 5) is 8.94. The van der Waals surface area contributed by atoms with Gasteiger partial charge in [-0.3, -0.25) is 0 Å². The van der Waals surface area contributed by atoms with Gasteiger partial charge in [-0.25, -0.2) is 9.97 Å². The van der Waals surface area contributed by atoms with Crippen molar-refractivity contribution in [2.45, 2.75) is 25.0 Å². The van der Waals surface area contributed by atoms with Crippen molar-refractivity contribution in [3.05, 3.63) is 47.3 Å². The molecule has 1 N–H and O–H groups in total. The Balaban J connectivity index is 2.12. The summed E-state index contributed by atoms with van der Waals surface area (Å²) in [6.45, 7) is 3.99. The largest absolute Gasteiger partial charge is 0.496 e. The molecule has 0 radical (unpaired) electrons. The zero-order valence-corrected chi connectivity index (χ0v) is 13.7. The molecule has 4 nitrogen and oxygen atoms in total. The molecule has 0 spiro atoms. The number of thioether (sulfide) groups is 1. The Labute approximate surface area is 130 Å². The summed E-state index contributed by atoms with van der Waals surface area (Å²) >= 11 is 1.66. The van der Waals surface area contributed by atoms with Gasteiger partial charge in [0.2, 0.25) is 0 Å². The third-order valence-electron chi connectivity index (χ3n) is 3.20. The van der Waals surface area contributed by atoms with E-state index in [1.807, 2.05) is 45.2 Å². The average Bonchev–Trinajstić information content (AvgIpc) is 2.47. The molecule has 1 atom stereocenters. The van der Waals surface area contributed by atoms with Crippen molar-refractivity contribution in [2.75, 3.05) is 19.9 Å². The number of aryl methyl sites for hydroxylation is 2. The summed E-state index contributed by atoms with van der Waals surface area (Å²) in [7, 11) is 3.66. The second-order valence-corrected chi connectivity index (χ2v) is 5.81. The Hall–Kier alpha value is -1.59. The van der Waals surface area contributed by atoms with Crippen LogP contribution in [0, 0.1) is 13.8 Å². The standard InChI is InChI=1S/C16H21N3OS/c1-11-9-12(2)19-16(18-11)21-10-14(17-3)13-7-5-6-8-15(13)20-4/h5-9,14,17H,10H2,1-4H3. The molecule has 0 bridgehead atoms. The number of hydrogen-bond acceptors (Lipinski definition) is 5. The van der Waals surface area contributed by atoms with Crippen LogP contribution < -0.4 is 10.1 Å². The molecular weight excluding hydrogens is 282 g/mol. The van der Waals surface area contributed by atoms with Crippen molar-refractivity contribution in [2.24, 2.45) is 0 Å². The average molecular weight is 303 g/mol. The highest BCUT2D eigenvalue weighted by molar-refractivity contribution is 7.99. The second-order valence-electron chi connectivity index (χ2n) is 4.83. The Morgan fingerprint density at radius 3 is 2.48 bits per heavy atom. The number of hydrogen-bond donors (Lipinski definition) is 1. The summed E-state index contributed by atoms with van der Waals surface area (Å²) in [6, 6.07) is 10.3. The van der Waals surface area contributed by atoms with Crippen molar-refractivity contribution in [3.8, 4) is 5.75 Å². The number of nitrogens with one attached hydrogen (secondary N) is 1. The first-order valence-electron chi connectivity index (χ1n) is 6.89. The molecule has 5 heteroatoms. The molecular formula is C16H21N3OS. The molecule has 112 valence electrons. The number of aromatic nitrogens is 2. The van der Waals surface area contributed by atoms with Gasteiger partial charge in [-0.2, -0.15) is 0 Å². The first-order chi connectivity index (χ1) is 10.1. The van der Waals surface area contributed by atoms with E-state index in [-0.39, 0.29) is 6.04 Å². The lowest BCUT2D eigenvalue weighted by atomic mass is 10.1. The highest BCUT2D eigenvalue weighted by Crippen LogP contribution is 2.28. The lowest BCUT2D eigenvalue weighted by molar-refractivity contribution is 0.404. The van der Waals surface area contributed by atoms with Crippen LogP contribution in [0.5, 0.6) is 5.75 Å². The van der Waals surface area contributed by atoms with E-state index in [0.717, 1.165) is 33.6 Å². The van der Waals surface area contributed by atoms with Gasteiger partial charge < -0.3 is 10.1 Å². The van der Waals surface area contributed by atoms with Crippen molar-refractivity contribution >= 4 is 11.8 Å². The van der Waals surface area contributed by atoms with Gasteiger partial charge in [0.15, 0.2) is 5.16 Å². The van der Waals surface area contributed by atoms with E-state index in [4.69, 9.17) is 4.74 Å². The van der Waals surface area contributed by atoms with Gasteiger partial charge in [0.05, 0.1) is 7.11 Å². The van der Waals surface area contributed by atoms with Gasteiger partial charge in [0.1, 0.15) is 5.75 Å². The summed E-state index contributed by atoms with van der Waals surface area (Å²) in [5.74, 6) is 1.75. The van der Waals surface area contributed by atoms with Crippen LogP contribution in [0.2, 0.25) is 0 Å². The quantitative estimate of drug-likeness (QED) is 0.656. The van der Waals surface area contributed by atoms with Crippen LogP contribution in [-0.2, 0) is 0 Å². The Morgan fingerprint density at radius 1 is 1.19 bits per heavy atom. The normalized spacial score (nSPS) is 12.2. The number of rotatable bonds is 6. The topological polar surface area (TPSA) is 47.0 Å². The maximum absolute atomic E-state index is 5.44. The van der Waals surface area contributed by atoms with Crippen LogP contribution in [0.1, 0.15) is 23.0 Å². The van der Waals surface area contributed by atoms with Crippen molar-refractivity contribution in [3.63, 3.8) is 0 Å². The molecule has 1 unspecified atom stereocenters. The molecule has 21 heavy (non-hydrogen) atoms. The minimum Gasteiger partial charge on any atom is -0.496 e. The maximum atomic E-state index is 5.44. The maximum Gasteiger partial charge on any atom is 0.188 e. The summed E-state index contributed by atoms with van der Waals surface area (Å²) < 4.78 is 5.44. The molecule has 0 saturated heterocycles. The minimum atomic E-state index is 0.190. The van der Waals surface area contributed by atoms with Crippen molar-refractivity contribution < 1.29 is 4.74 Å². The molecule has 0 fully saturated rings. The van der Waals surface area contributed by atoms with Crippen LogP contribution >= 0.6 is 11.8 Å². The van der Waals surface area contributed by atoms with Crippen molar-refractivity contribution in [1.29, 1.82) is 0 Å². The van der Waals surface area contributed by atoms with Crippen LogP contribution in [0.3, 0.4) is 0 Å².